The molecule has 6 fully saturated rings. The van der Waals surface area contributed by atoms with Crippen LogP contribution in [0.3, 0.4) is 0 Å². The van der Waals surface area contributed by atoms with Crippen molar-refractivity contribution >= 4 is 157 Å². The number of ketones is 1. The van der Waals surface area contributed by atoms with Gasteiger partial charge >= 0.3 is 59.1 Å². The summed E-state index contributed by atoms with van der Waals surface area (Å²) in [6, 6.07) is 22.2. The summed E-state index contributed by atoms with van der Waals surface area (Å²) >= 11 is 9.24. The molecule has 1 saturated heterocycles. The van der Waals surface area contributed by atoms with Gasteiger partial charge in [-0.2, -0.15) is 8.80 Å². The smallest absolute Gasteiger partial charge is 1.00 e. The summed E-state index contributed by atoms with van der Waals surface area (Å²) in [7, 11) is -0.206. The molecule has 2 amide bonds. The van der Waals surface area contributed by atoms with Crippen LogP contribution in [0.5, 0.6) is 0 Å². The van der Waals surface area contributed by atoms with Gasteiger partial charge in [-0.3, -0.25) is 29.8 Å². The van der Waals surface area contributed by atoms with Gasteiger partial charge in [0.2, 0.25) is 5.24 Å². The van der Waals surface area contributed by atoms with E-state index >= 15 is 0 Å². The van der Waals surface area contributed by atoms with Gasteiger partial charge in [0.25, 0.3) is 0 Å². The predicted molar refractivity (Wildman–Crippen MR) is 544 cm³/mol. The average molecular weight is 2110 g/mol. The number of anilines is 5. The summed E-state index contributed by atoms with van der Waals surface area (Å²) in [6.07, 6.45) is 25.1. The van der Waals surface area contributed by atoms with Gasteiger partial charge in [0, 0.05) is 112 Å². The van der Waals surface area contributed by atoms with Crippen molar-refractivity contribution in [2.45, 2.75) is 297 Å². The first kappa shape index (κ1) is 140. The number of nitrogen functional groups attached to an aromatic ring is 3. The van der Waals surface area contributed by atoms with E-state index in [2.05, 4.69) is 66.3 Å². The topological polar surface area (TPSA) is 453 Å². The first-order valence-electron chi connectivity index (χ1n) is 45.4. The van der Waals surface area contributed by atoms with Crippen LogP contribution in [0.25, 0.3) is 0 Å². The van der Waals surface area contributed by atoms with E-state index in [1.54, 1.807) is 48.5 Å². The number of esters is 2. The number of halogens is 8. The SMILES string of the molecule is CC(=O)Cl.CC(C)(C)S(=O)N=C(CCC1CC1)c1ccc(F)c(N)c1.CC(C)(C)S(=O)N=C(CCC1CC1)c1ccc(F)c(N)c1.CCCO.CCCO.CCCO.CCCO.COC(=O)Cl.COC(=O)Nc1cc(C(CCC2CC2)NS(=O)C(C)(C)C)ccc1F.COC(=O)Nc1cc(C(N)CCC2CC2)ccc1F.Cl.Nc1cc(C(=O)CCC2CC2)ccc1F.O=C1CCCC(=O)O1.[B].[H-].[Na+].[Ti]. The van der Waals surface area contributed by atoms with Gasteiger partial charge in [0.15, 0.2) is 5.78 Å². The molecular weight excluding hydrogens is 1960 g/mol. The second-order valence-corrected chi connectivity index (χ2v) is 41.9. The fourth-order valence-electron chi connectivity index (χ4n) is 10.6. The maximum atomic E-state index is 14.0. The van der Waals surface area contributed by atoms with Crippen molar-refractivity contribution in [3.63, 3.8) is 0 Å². The predicted octanol–water partition coefficient (Wildman–Crippen LogP) is 18.7. The van der Waals surface area contributed by atoms with Crippen LogP contribution in [0, 0.1) is 58.7 Å². The number of carbonyl (C=O) groups is 7. The molecule has 3 radical (unpaired) electrons. The third-order valence-corrected chi connectivity index (χ3v) is 24.1. The second-order valence-electron chi connectivity index (χ2n) is 35.3. The fraction of sp³-hybridized carbons (Fsp3) is 0.598. The van der Waals surface area contributed by atoms with Gasteiger partial charge in [-0.05, 0) is 282 Å². The second kappa shape index (κ2) is 77.4. The molecule has 775 valence electrons. The normalized spacial score (nSPS) is 14.8. The van der Waals surface area contributed by atoms with Crippen LogP contribution in [0.15, 0.2) is 99.8 Å². The number of nitrogens with zero attached hydrogens (tertiary/aromatic N) is 2. The third kappa shape index (κ3) is 68.9. The third-order valence-electron chi connectivity index (χ3n) is 19.5. The number of hydrogen-bond donors (Lipinski definition) is 11. The average Bonchev–Trinajstić information content (AvgIpc) is 1.82. The molecule has 138 heavy (non-hydrogen) atoms. The van der Waals surface area contributed by atoms with Gasteiger partial charge in [-0.1, -0.05) is 116 Å². The van der Waals surface area contributed by atoms with Crippen LogP contribution in [0.2, 0.25) is 0 Å². The number of nitrogens with one attached hydrogen (secondary N) is 3. The first-order chi connectivity index (χ1) is 62.9. The largest absolute Gasteiger partial charge is 1.00 e. The Balaban J connectivity index is -0.000000365. The number of carbonyl (C=O) groups excluding carboxylic acids is 7. The number of nitrogens with two attached hydrogens (primary N) is 4. The van der Waals surface area contributed by atoms with Crippen LogP contribution in [-0.4, -0.2) is 155 Å². The van der Waals surface area contributed by atoms with Crippen LogP contribution in [-0.2, 0) is 88.0 Å². The standard InChI is InChI=1S/C18H27FN2O3S.2C16H23FN2OS.C14H19FN2O2.C12H14FNO.C5H6O3.4C3H8O.C2H3ClO2.C2H3ClO.B.ClH.Na.Ti.H/c1-18(2,3)25(23)21-15(10-7-12-5-6-12)13-8-9-14(19)16(11-13)20-17(22)24-4;2*1-16(2,3)21(20)19-15(9-6-11-4-5-11)12-7-8-13(17)14(18)10-12;1-19-14(18)17-13-8-10(5-6-11(13)15)12(16)7-4-9-2-3-9;13-10-5-4-9(7-11(10)14)12(15)6-3-8-1-2-8;6-4-2-1-3-5(7)8-4;4*1-2-3-4;1-5-2(3)4;1-2(3)4;;;;;/h8-9,11-12,15,21H,5-7,10H2,1-4H3,(H,20,22);2*7-8,10-11H,4-6,9,18H2,1-3H3;5-6,8-9,12H,2-4,7,16H2,1H3,(H,17,18);4-5,7-8H,1-3,6,14H2;1-3H2;4*4H,2-3H2,1H3;1H3;1H3;;1H;;;/q;;;;;;;;;;;;;;+1;;-1. The van der Waals surface area contributed by atoms with E-state index in [9.17, 15) is 68.1 Å². The maximum absolute atomic E-state index is 14.0. The molecule has 5 unspecified atom stereocenters. The van der Waals surface area contributed by atoms with Gasteiger partial charge in [-0.15, -0.1) is 12.4 Å². The van der Waals surface area contributed by atoms with Crippen LogP contribution < -0.4 is 67.8 Å². The summed E-state index contributed by atoms with van der Waals surface area (Å²) in [5, 5.41) is 35.9. The number of methoxy groups -OCH3 is 3. The van der Waals surface area contributed by atoms with E-state index in [1.165, 1.54) is 135 Å². The van der Waals surface area contributed by atoms with Gasteiger partial charge in [0.1, 0.15) is 51.1 Å². The van der Waals surface area contributed by atoms with E-state index in [0.717, 1.165) is 147 Å². The minimum Gasteiger partial charge on any atom is -1.00 e. The molecule has 0 spiro atoms. The minimum atomic E-state index is -1.32. The Hall–Kier alpha value is -6.16. The molecule has 6 aliphatic rings. The molecule has 27 nitrogen and oxygen atoms in total. The Morgan fingerprint density at radius 1 is 0.493 bits per heavy atom. The van der Waals surface area contributed by atoms with Crippen molar-refractivity contribution in [2.24, 2.45) is 44.1 Å². The zero-order valence-electron chi connectivity index (χ0n) is 84.7. The molecule has 0 aromatic heterocycles. The Kier molecular flexibility index (Phi) is 78.7. The Morgan fingerprint density at radius 3 is 1.07 bits per heavy atom. The summed E-state index contributed by atoms with van der Waals surface area (Å²) in [4.78, 5) is 73.2. The van der Waals surface area contributed by atoms with Crippen molar-refractivity contribution in [3.05, 3.63) is 148 Å². The number of hydrogen-bond acceptors (Lipinski definition) is 22. The van der Waals surface area contributed by atoms with Crippen LogP contribution in [0.4, 0.5) is 64.8 Å². The molecule has 5 aromatic rings. The van der Waals surface area contributed by atoms with Crippen molar-refractivity contribution in [2.75, 3.05) is 75.6 Å². The van der Waals surface area contributed by atoms with E-state index < -0.39 is 93.9 Å². The zero-order chi connectivity index (χ0) is 102. The van der Waals surface area contributed by atoms with Crippen molar-refractivity contribution in [3.8, 4) is 0 Å². The molecule has 5 aromatic carbocycles. The summed E-state index contributed by atoms with van der Waals surface area (Å²) in [6.45, 7) is 27.4. The number of cyclic esters (lactones) is 2. The van der Waals surface area contributed by atoms with Crippen LogP contribution in [0.1, 0.15) is 316 Å². The molecule has 1 aliphatic heterocycles. The molecule has 1 heterocycles. The molecule has 5 saturated carbocycles. The monoisotopic (exact) mass is 2110 g/mol. The Labute approximate surface area is 879 Å². The number of Topliss-reactive ketones (excluding diaryl/α,β-unsaturated/α-hetero) is 1. The van der Waals surface area contributed by atoms with E-state index in [1.807, 2.05) is 90.0 Å². The van der Waals surface area contributed by atoms with Crippen molar-refractivity contribution in [1.82, 2.24) is 4.72 Å². The quantitative estimate of drug-likeness (QED) is 0.00234. The van der Waals surface area contributed by atoms with E-state index in [0.29, 0.717) is 57.7 Å². The summed E-state index contributed by atoms with van der Waals surface area (Å²) < 4.78 is 132. The molecular formula is C97H152BCl3F5N9NaO18S3Ti. The zero-order valence-corrected chi connectivity index (χ0v) is 92.0. The molecule has 5 aliphatic carbocycles. The molecule has 5 atom stereocenters. The van der Waals surface area contributed by atoms with Crippen molar-refractivity contribution in [1.29, 1.82) is 0 Å². The number of benzene rings is 5. The Bertz CT molecular complexity index is 4380. The molecule has 41 heteroatoms. The van der Waals surface area contributed by atoms with E-state index in [4.69, 9.17) is 43.4 Å². The Morgan fingerprint density at radius 2 is 0.783 bits per heavy atom. The van der Waals surface area contributed by atoms with Crippen LogP contribution >= 0.6 is 35.6 Å². The fourth-order valence-corrected chi connectivity index (χ4v) is 12.8. The number of rotatable bonds is 30. The molecule has 15 N–H and O–H groups in total. The molecule has 11 rings (SSSR count). The first-order valence-corrected chi connectivity index (χ1v) is 49.6. The number of aliphatic hydroxyl groups is 4. The number of amides is 2. The summed E-state index contributed by atoms with van der Waals surface area (Å²) in [5.41, 5.74) is 27.6. The van der Waals surface area contributed by atoms with Crippen molar-refractivity contribution < 1.29 is 160 Å². The van der Waals surface area contributed by atoms with E-state index in [-0.39, 0.29) is 137 Å². The number of aliphatic hydroxyl groups excluding tert-OH is 4. The van der Waals surface area contributed by atoms with Gasteiger partial charge in [-0.25, -0.2) is 53.7 Å². The number of ether oxygens (including phenoxy) is 4. The minimum absolute atomic E-state index is 0. The maximum Gasteiger partial charge on any atom is 1.00 e. The van der Waals surface area contributed by atoms with Gasteiger partial charge in [0.05, 0.1) is 86.4 Å². The molecule has 0 bridgehead atoms. The van der Waals surface area contributed by atoms with Gasteiger partial charge < -0.3 is 63.7 Å². The summed E-state index contributed by atoms with van der Waals surface area (Å²) in [5.74, 6) is 0.744.